The third-order valence-electron chi connectivity index (χ3n) is 3.21. The van der Waals surface area contributed by atoms with E-state index in [9.17, 15) is 9.59 Å². The van der Waals surface area contributed by atoms with Crippen LogP contribution in [-0.4, -0.2) is 60.6 Å². The Balaban J connectivity index is 2.25. The van der Waals surface area contributed by atoms with E-state index in [1.54, 1.807) is 11.8 Å². The zero-order valence-corrected chi connectivity index (χ0v) is 11.9. The Hall–Kier alpha value is -1.30. The summed E-state index contributed by atoms with van der Waals surface area (Å²) in [7, 11) is 0. The summed E-state index contributed by atoms with van der Waals surface area (Å²) in [6.07, 6.45) is 1.95. The van der Waals surface area contributed by atoms with Crippen molar-refractivity contribution in [2.24, 2.45) is 5.73 Å². The molecule has 0 bridgehead atoms. The molecule has 0 aliphatic carbocycles. The minimum atomic E-state index is -0.286. The van der Waals surface area contributed by atoms with Gasteiger partial charge in [0.2, 0.25) is 5.91 Å². The molecule has 1 unspecified atom stereocenters. The minimum absolute atomic E-state index is 0.147. The van der Waals surface area contributed by atoms with E-state index in [4.69, 9.17) is 10.5 Å². The standard InChI is InChI=1S/C13H25N3O3/c1-3-19-13(18)16-9-7-15(8-10-16)12(17)6-4-5-11(2)14/h11H,3-10,14H2,1-2H3. The van der Waals surface area contributed by atoms with E-state index in [1.165, 1.54) is 0 Å². The van der Waals surface area contributed by atoms with Crippen molar-refractivity contribution in [3.05, 3.63) is 0 Å². The number of amides is 2. The summed E-state index contributed by atoms with van der Waals surface area (Å²) in [4.78, 5) is 26.9. The lowest BCUT2D eigenvalue weighted by Gasteiger charge is -2.34. The van der Waals surface area contributed by atoms with Crippen molar-refractivity contribution in [3.8, 4) is 0 Å². The van der Waals surface area contributed by atoms with Gasteiger partial charge in [0.25, 0.3) is 0 Å². The maximum atomic E-state index is 11.9. The second kappa shape index (κ2) is 7.99. The van der Waals surface area contributed by atoms with Gasteiger partial charge >= 0.3 is 6.09 Å². The maximum Gasteiger partial charge on any atom is 0.409 e. The van der Waals surface area contributed by atoms with E-state index in [0.29, 0.717) is 39.2 Å². The lowest BCUT2D eigenvalue weighted by molar-refractivity contribution is -0.132. The molecule has 0 aromatic heterocycles. The summed E-state index contributed by atoms with van der Waals surface area (Å²) in [5.41, 5.74) is 5.65. The summed E-state index contributed by atoms with van der Waals surface area (Å²) in [6.45, 7) is 6.41. The van der Waals surface area contributed by atoms with Crippen LogP contribution in [0.15, 0.2) is 0 Å². The predicted octanol–water partition coefficient (Wildman–Crippen LogP) is 0.805. The predicted molar refractivity (Wildman–Crippen MR) is 72.7 cm³/mol. The molecule has 0 radical (unpaired) electrons. The second-order valence-electron chi connectivity index (χ2n) is 4.94. The Labute approximate surface area is 114 Å². The van der Waals surface area contributed by atoms with Crippen LogP contribution >= 0.6 is 0 Å². The molecular formula is C13H25N3O3. The van der Waals surface area contributed by atoms with Crippen molar-refractivity contribution in [1.82, 2.24) is 9.80 Å². The molecule has 1 aliphatic rings. The molecule has 19 heavy (non-hydrogen) atoms. The highest BCUT2D eigenvalue weighted by Crippen LogP contribution is 2.08. The molecule has 1 heterocycles. The highest BCUT2D eigenvalue weighted by Gasteiger charge is 2.24. The molecule has 0 saturated carbocycles. The summed E-state index contributed by atoms with van der Waals surface area (Å²) in [5.74, 6) is 0.157. The van der Waals surface area contributed by atoms with Gasteiger partial charge < -0.3 is 20.3 Å². The van der Waals surface area contributed by atoms with E-state index in [2.05, 4.69) is 0 Å². The summed E-state index contributed by atoms with van der Waals surface area (Å²) < 4.78 is 4.94. The molecule has 110 valence electrons. The van der Waals surface area contributed by atoms with Crippen molar-refractivity contribution < 1.29 is 14.3 Å². The number of carbonyl (C=O) groups excluding carboxylic acids is 2. The van der Waals surface area contributed by atoms with Crippen LogP contribution in [0.1, 0.15) is 33.1 Å². The molecule has 1 fully saturated rings. The third kappa shape index (κ3) is 5.46. The molecule has 1 rings (SSSR count). The van der Waals surface area contributed by atoms with Gasteiger partial charge in [-0.25, -0.2) is 4.79 Å². The van der Waals surface area contributed by atoms with E-state index < -0.39 is 0 Å². The van der Waals surface area contributed by atoms with E-state index in [0.717, 1.165) is 12.8 Å². The summed E-state index contributed by atoms with van der Waals surface area (Å²) >= 11 is 0. The molecule has 2 amide bonds. The molecule has 6 heteroatoms. The molecule has 6 nitrogen and oxygen atoms in total. The molecule has 1 atom stereocenters. The van der Waals surface area contributed by atoms with Crippen LogP contribution in [-0.2, 0) is 9.53 Å². The number of nitrogens with two attached hydrogens (primary N) is 1. The number of nitrogens with zero attached hydrogens (tertiary/aromatic N) is 2. The molecule has 0 spiro atoms. The first-order chi connectivity index (χ1) is 9.04. The Morgan fingerprint density at radius 2 is 1.79 bits per heavy atom. The van der Waals surface area contributed by atoms with Gasteiger partial charge in [-0.05, 0) is 26.7 Å². The first-order valence-electron chi connectivity index (χ1n) is 6.99. The number of piperazine rings is 1. The van der Waals surface area contributed by atoms with Crippen LogP contribution in [0.5, 0.6) is 0 Å². The SMILES string of the molecule is CCOC(=O)N1CCN(C(=O)CCCC(C)N)CC1. The monoisotopic (exact) mass is 271 g/mol. The molecule has 0 aromatic carbocycles. The zero-order valence-electron chi connectivity index (χ0n) is 11.9. The first kappa shape index (κ1) is 15.8. The lowest BCUT2D eigenvalue weighted by atomic mass is 10.1. The normalized spacial score (nSPS) is 17.2. The highest BCUT2D eigenvalue weighted by molar-refractivity contribution is 5.76. The van der Waals surface area contributed by atoms with Crippen LogP contribution in [0.25, 0.3) is 0 Å². The Morgan fingerprint density at radius 1 is 1.21 bits per heavy atom. The molecule has 1 saturated heterocycles. The second-order valence-corrected chi connectivity index (χ2v) is 4.94. The number of hydrogen-bond acceptors (Lipinski definition) is 4. The minimum Gasteiger partial charge on any atom is -0.450 e. The Kier molecular flexibility index (Phi) is 6.62. The fourth-order valence-corrected chi connectivity index (χ4v) is 2.09. The van der Waals surface area contributed by atoms with Gasteiger partial charge in [0.05, 0.1) is 6.61 Å². The summed E-state index contributed by atoms with van der Waals surface area (Å²) in [5, 5.41) is 0. The van der Waals surface area contributed by atoms with Crippen LogP contribution in [0.3, 0.4) is 0 Å². The van der Waals surface area contributed by atoms with Crippen LogP contribution in [0.2, 0.25) is 0 Å². The number of rotatable bonds is 5. The van der Waals surface area contributed by atoms with Crippen molar-refractivity contribution in [2.75, 3.05) is 32.8 Å². The average molecular weight is 271 g/mol. The van der Waals surface area contributed by atoms with Gasteiger partial charge in [0.1, 0.15) is 0 Å². The fraction of sp³-hybridized carbons (Fsp3) is 0.846. The average Bonchev–Trinajstić information content (AvgIpc) is 2.38. The van der Waals surface area contributed by atoms with Crippen molar-refractivity contribution >= 4 is 12.0 Å². The van der Waals surface area contributed by atoms with Crippen LogP contribution < -0.4 is 5.73 Å². The molecule has 2 N–H and O–H groups in total. The number of carbonyl (C=O) groups is 2. The first-order valence-corrected chi connectivity index (χ1v) is 6.99. The van der Waals surface area contributed by atoms with Crippen molar-refractivity contribution in [1.29, 1.82) is 0 Å². The van der Waals surface area contributed by atoms with E-state index in [1.807, 2.05) is 11.8 Å². The summed E-state index contributed by atoms with van der Waals surface area (Å²) in [6, 6.07) is 0.147. The Bertz CT molecular complexity index is 300. The third-order valence-corrected chi connectivity index (χ3v) is 3.21. The topological polar surface area (TPSA) is 75.9 Å². The smallest absolute Gasteiger partial charge is 0.409 e. The van der Waals surface area contributed by atoms with Gasteiger partial charge in [-0.1, -0.05) is 0 Å². The zero-order chi connectivity index (χ0) is 14.3. The number of ether oxygens (including phenoxy) is 1. The molecular weight excluding hydrogens is 246 g/mol. The lowest BCUT2D eigenvalue weighted by Crippen LogP contribution is -2.50. The van der Waals surface area contributed by atoms with Crippen molar-refractivity contribution in [3.63, 3.8) is 0 Å². The van der Waals surface area contributed by atoms with Crippen LogP contribution in [0.4, 0.5) is 4.79 Å². The van der Waals surface area contributed by atoms with Gasteiger partial charge in [-0.15, -0.1) is 0 Å². The molecule has 1 aliphatic heterocycles. The van der Waals surface area contributed by atoms with Gasteiger partial charge in [0.15, 0.2) is 0 Å². The number of hydrogen-bond donors (Lipinski definition) is 1. The fourth-order valence-electron chi connectivity index (χ4n) is 2.09. The Morgan fingerprint density at radius 3 is 2.32 bits per heavy atom. The molecule has 0 aromatic rings. The highest BCUT2D eigenvalue weighted by atomic mass is 16.6. The van der Waals surface area contributed by atoms with Crippen molar-refractivity contribution in [2.45, 2.75) is 39.2 Å². The van der Waals surface area contributed by atoms with Gasteiger partial charge in [-0.2, -0.15) is 0 Å². The quantitative estimate of drug-likeness (QED) is 0.802. The largest absolute Gasteiger partial charge is 0.450 e. The van der Waals surface area contributed by atoms with Gasteiger partial charge in [0, 0.05) is 38.6 Å². The van der Waals surface area contributed by atoms with E-state index >= 15 is 0 Å². The van der Waals surface area contributed by atoms with Crippen LogP contribution in [0, 0.1) is 0 Å². The van der Waals surface area contributed by atoms with Gasteiger partial charge in [-0.3, -0.25) is 4.79 Å². The van der Waals surface area contributed by atoms with E-state index in [-0.39, 0.29) is 18.0 Å². The maximum absolute atomic E-state index is 11.9.